The summed E-state index contributed by atoms with van der Waals surface area (Å²) in [5.74, 6) is 0.911. The molecular weight excluding hydrogens is 404 g/mol. The fraction of sp³-hybridized carbons (Fsp3) is 0.458. The second-order valence-corrected chi connectivity index (χ2v) is 8.73. The van der Waals surface area contributed by atoms with Crippen molar-refractivity contribution >= 4 is 17.9 Å². The zero-order valence-corrected chi connectivity index (χ0v) is 19.4. The van der Waals surface area contributed by atoms with Crippen molar-refractivity contribution in [2.45, 2.75) is 52.4 Å². The van der Waals surface area contributed by atoms with E-state index in [1.54, 1.807) is 12.4 Å². The number of benzene rings is 1. The smallest absolute Gasteiger partial charge is 0.199 e. The third kappa shape index (κ3) is 5.22. The highest BCUT2D eigenvalue weighted by molar-refractivity contribution is 7.71. The lowest BCUT2D eigenvalue weighted by Crippen LogP contribution is -2.29. The van der Waals surface area contributed by atoms with E-state index in [2.05, 4.69) is 57.6 Å². The molecular formula is C24H32N6S. The third-order valence-electron chi connectivity index (χ3n) is 5.79. The number of nitrogens with zero attached hydrogens (tertiary/aromatic N) is 6. The van der Waals surface area contributed by atoms with Crippen molar-refractivity contribution in [3.63, 3.8) is 0 Å². The number of aromatic nitrogens is 4. The summed E-state index contributed by atoms with van der Waals surface area (Å²) in [6, 6.07) is 13.0. The van der Waals surface area contributed by atoms with Crippen LogP contribution >= 0.6 is 12.2 Å². The van der Waals surface area contributed by atoms with Crippen LogP contribution in [0.25, 0.3) is 11.4 Å². The molecule has 0 saturated carbocycles. The third-order valence-corrected chi connectivity index (χ3v) is 6.23. The van der Waals surface area contributed by atoms with Gasteiger partial charge in [-0.15, -0.1) is 0 Å². The Hall–Kier alpha value is -2.51. The van der Waals surface area contributed by atoms with Crippen molar-refractivity contribution in [2.75, 3.05) is 25.0 Å². The largest absolute Gasteiger partial charge is 0.372 e. The zero-order valence-electron chi connectivity index (χ0n) is 18.6. The van der Waals surface area contributed by atoms with Gasteiger partial charge in [-0.25, -0.2) is 4.68 Å². The van der Waals surface area contributed by atoms with Gasteiger partial charge >= 0.3 is 0 Å². The van der Waals surface area contributed by atoms with E-state index in [-0.39, 0.29) is 0 Å². The van der Waals surface area contributed by atoms with E-state index < -0.39 is 0 Å². The SMILES string of the molecule is CCCn1c(-c2ccncc2)nn(CN(C)Cc2ccc(N3CCCCC3)cc2)c1=S. The second-order valence-electron chi connectivity index (χ2n) is 8.36. The van der Waals surface area contributed by atoms with E-state index in [0.717, 1.165) is 35.7 Å². The maximum Gasteiger partial charge on any atom is 0.199 e. The summed E-state index contributed by atoms with van der Waals surface area (Å²) in [6.45, 7) is 6.89. The first-order valence-electron chi connectivity index (χ1n) is 11.3. The van der Waals surface area contributed by atoms with Crippen LogP contribution in [0.5, 0.6) is 0 Å². The summed E-state index contributed by atoms with van der Waals surface area (Å²) in [7, 11) is 2.12. The molecule has 0 radical (unpaired) electrons. The predicted octanol–water partition coefficient (Wildman–Crippen LogP) is 4.97. The maximum atomic E-state index is 5.77. The summed E-state index contributed by atoms with van der Waals surface area (Å²) in [5.41, 5.74) is 3.69. The van der Waals surface area contributed by atoms with E-state index >= 15 is 0 Å². The van der Waals surface area contributed by atoms with Gasteiger partial charge in [-0.05, 0) is 74.8 Å². The lowest BCUT2D eigenvalue weighted by Gasteiger charge is -2.29. The van der Waals surface area contributed by atoms with Crippen LogP contribution in [0.1, 0.15) is 38.2 Å². The van der Waals surface area contributed by atoms with Crippen LogP contribution in [-0.2, 0) is 19.8 Å². The van der Waals surface area contributed by atoms with Gasteiger partial charge in [-0.3, -0.25) is 14.5 Å². The molecule has 1 saturated heterocycles. The molecule has 0 bridgehead atoms. The average Bonchev–Trinajstić information content (AvgIpc) is 3.11. The normalized spacial score (nSPS) is 14.4. The summed E-state index contributed by atoms with van der Waals surface area (Å²) in [4.78, 5) is 8.88. The van der Waals surface area contributed by atoms with Crippen LogP contribution in [-0.4, -0.2) is 44.4 Å². The van der Waals surface area contributed by atoms with Gasteiger partial charge in [-0.1, -0.05) is 19.1 Å². The quantitative estimate of drug-likeness (QED) is 0.467. The fourth-order valence-electron chi connectivity index (χ4n) is 4.23. The molecule has 0 amide bonds. The van der Waals surface area contributed by atoms with Crippen molar-refractivity contribution < 1.29 is 0 Å². The molecule has 7 heteroatoms. The van der Waals surface area contributed by atoms with Gasteiger partial charge in [0.2, 0.25) is 0 Å². The monoisotopic (exact) mass is 436 g/mol. The summed E-state index contributed by atoms with van der Waals surface area (Å²) in [5, 5.41) is 4.85. The van der Waals surface area contributed by atoms with Crippen LogP contribution in [0.2, 0.25) is 0 Å². The molecule has 0 atom stereocenters. The van der Waals surface area contributed by atoms with Gasteiger partial charge in [0.05, 0.1) is 6.67 Å². The Kier molecular flexibility index (Phi) is 7.14. The molecule has 4 rings (SSSR count). The lowest BCUT2D eigenvalue weighted by atomic mass is 10.1. The molecule has 3 heterocycles. The Morgan fingerprint density at radius 3 is 2.39 bits per heavy atom. The average molecular weight is 437 g/mol. The van der Waals surface area contributed by atoms with Crippen molar-refractivity contribution in [1.29, 1.82) is 0 Å². The van der Waals surface area contributed by atoms with Crippen molar-refractivity contribution in [3.8, 4) is 11.4 Å². The van der Waals surface area contributed by atoms with E-state index in [4.69, 9.17) is 17.3 Å². The molecule has 1 aliphatic heterocycles. The molecule has 0 unspecified atom stereocenters. The van der Waals surface area contributed by atoms with E-state index in [9.17, 15) is 0 Å². The molecule has 31 heavy (non-hydrogen) atoms. The number of rotatable bonds is 8. The molecule has 0 N–H and O–H groups in total. The van der Waals surface area contributed by atoms with Gasteiger partial charge in [0.15, 0.2) is 10.6 Å². The van der Waals surface area contributed by atoms with E-state index in [1.165, 1.54) is 43.6 Å². The van der Waals surface area contributed by atoms with E-state index in [0.29, 0.717) is 6.67 Å². The van der Waals surface area contributed by atoms with Crippen LogP contribution in [0.4, 0.5) is 5.69 Å². The first-order chi connectivity index (χ1) is 15.2. The Balaban J connectivity index is 1.46. The number of anilines is 1. The highest BCUT2D eigenvalue weighted by Gasteiger charge is 2.14. The first-order valence-corrected chi connectivity index (χ1v) is 11.7. The second kappa shape index (κ2) is 10.2. The van der Waals surface area contributed by atoms with Gasteiger partial charge in [0, 0.05) is 49.8 Å². The Bertz CT molecular complexity index is 1020. The summed E-state index contributed by atoms with van der Waals surface area (Å²) in [6.07, 6.45) is 8.57. The molecule has 0 aliphatic carbocycles. The number of hydrogen-bond donors (Lipinski definition) is 0. The standard InChI is InChI=1S/C24H32N6S/c1-3-15-29-23(21-11-13-25-14-12-21)26-30(24(29)31)19-27(2)18-20-7-9-22(10-8-20)28-16-5-4-6-17-28/h7-14H,3-6,15-19H2,1-2H3. The Morgan fingerprint density at radius 1 is 1.00 bits per heavy atom. The molecule has 1 aromatic carbocycles. The van der Waals surface area contributed by atoms with Gasteiger partial charge < -0.3 is 4.90 Å². The van der Waals surface area contributed by atoms with Crippen molar-refractivity contribution in [3.05, 3.63) is 59.1 Å². The highest BCUT2D eigenvalue weighted by Crippen LogP contribution is 2.21. The predicted molar refractivity (Wildman–Crippen MR) is 129 cm³/mol. The maximum absolute atomic E-state index is 5.77. The number of piperidine rings is 1. The molecule has 164 valence electrons. The van der Waals surface area contributed by atoms with Crippen LogP contribution in [0, 0.1) is 4.77 Å². The zero-order chi connectivity index (χ0) is 21.6. The van der Waals surface area contributed by atoms with Crippen molar-refractivity contribution in [1.82, 2.24) is 24.2 Å². The molecule has 6 nitrogen and oxygen atoms in total. The number of hydrogen-bond acceptors (Lipinski definition) is 5. The van der Waals surface area contributed by atoms with Gasteiger partial charge in [0.1, 0.15) is 0 Å². The topological polar surface area (TPSA) is 42.1 Å². The van der Waals surface area contributed by atoms with Crippen LogP contribution in [0.15, 0.2) is 48.8 Å². The fourth-order valence-corrected chi connectivity index (χ4v) is 4.50. The minimum Gasteiger partial charge on any atom is -0.372 e. The molecule has 1 fully saturated rings. The summed E-state index contributed by atoms with van der Waals surface area (Å²) < 4.78 is 4.83. The van der Waals surface area contributed by atoms with Crippen LogP contribution in [0.3, 0.4) is 0 Å². The first kappa shape index (κ1) is 21.7. The van der Waals surface area contributed by atoms with Crippen molar-refractivity contribution in [2.24, 2.45) is 0 Å². The molecule has 0 spiro atoms. The minimum absolute atomic E-state index is 0.654. The summed E-state index contributed by atoms with van der Waals surface area (Å²) >= 11 is 5.77. The minimum atomic E-state index is 0.654. The Morgan fingerprint density at radius 2 is 1.71 bits per heavy atom. The molecule has 1 aliphatic rings. The molecule has 3 aromatic rings. The Labute approximate surface area is 190 Å². The van der Waals surface area contributed by atoms with Gasteiger partial charge in [-0.2, -0.15) is 5.10 Å². The van der Waals surface area contributed by atoms with Crippen LogP contribution < -0.4 is 4.90 Å². The highest BCUT2D eigenvalue weighted by atomic mass is 32.1. The molecule has 2 aromatic heterocycles. The number of pyridine rings is 1. The van der Waals surface area contributed by atoms with E-state index in [1.807, 2.05) is 16.8 Å². The lowest BCUT2D eigenvalue weighted by molar-refractivity contribution is 0.244. The van der Waals surface area contributed by atoms with Gasteiger partial charge in [0.25, 0.3) is 0 Å².